The predicted molar refractivity (Wildman–Crippen MR) is 122 cm³/mol. The van der Waals surface area contributed by atoms with Crippen molar-refractivity contribution in [3.05, 3.63) is 53.9 Å². The maximum absolute atomic E-state index is 13.6. The number of carbonyl (C=O) groups excluding carboxylic acids is 2. The lowest BCUT2D eigenvalue weighted by atomic mass is 9.74. The second-order valence-electron chi connectivity index (χ2n) is 9.66. The monoisotopic (exact) mass is 433 g/mol. The van der Waals surface area contributed by atoms with E-state index >= 15 is 0 Å². The second-order valence-corrected chi connectivity index (χ2v) is 9.66. The summed E-state index contributed by atoms with van der Waals surface area (Å²) in [5.41, 5.74) is 1.28. The normalized spacial score (nSPS) is 25.2. The van der Waals surface area contributed by atoms with Crippen LogP contribution in [0.25, 0.3) is 0 Å². The standard InChI is InChI=1S/C25H31N5O2/c1-18-5-2-6-20(13-18)22(31)29-12-3-9-25(23(32)28-14-19-7-8-19)17-30(16-21(25)15-29)24-26-10-4-11-27-24/h2,4-6,10-11,13,19,21H,3,7-9,12,14-17H2,1H3,(H,28,32)/t21-,25-/m0/s1. The number of benzene rings is 1. The Labute approximate surface area is 189 Å². The minimum atomic E-state index is -0.518. The molecule has 32 heavy (non-hydrogen) atoms. The number of amides is 2. The largest absolute Gasteiger partial charge is 0.355 e. The smallest absolute Gasteiger partial charge is 0.253 e. The van der Waals surface area contributed by atoms with Crippen molar-refractivity contribution in [1.29, 1.82) is 0 Å². The quantitative estimate of drug-likeness (QED) is 0.784. The van der Waals surface area contributed by atoms with Crippen LogP contribution in [-0.2, 0) is 4.79 Å². The highest BCUT2D eigenvalue weighted by molar-refractivity contribution is 5.94. The van der Waals surface area contributed by atoms with Gasteiger partial charge >= 0.3 is 0 Å². The van der Waals surface area contributed by atoms with Crippen molar-refractivity contribution in [3.63, 3.8) is 0 Å². The van der Waals surface area contributed by atoms with Crippen molar-refractivity contribution in [2.45, 2.75) is 32.6 Å². The van der Waals surface area contributed by atoms with Gasteiger partial charge in [0.15, 0.2) is 0 Å². The number of fused-ring (bicyclic) bond motifs is 1. The summed E-state index contributed by atoms with van der Waals surface area (Å²) in [6, 6.07) is 9.57. The highest BCUT2D eigenvalue weighted by Gasteiger charge is 2.54. The van der Waals surface area contributed by atoms with Crippen molar-refractivity contribution >= 4 is 17.8 Å². The van der Waals surface area contributed by atoms with E-state index in [-0.39, 0.29) is 17.7 Å². The molecule has 1 aromatic heterocycles. The van der Waals surface area contributed by atoms with Crippen LogP contribution >= 0.6 is 0 Å². The summed E-state index contributed by atoms with van der Waals surface area (Å²) in [6.07, 6.45) is 7.48. The van der Waals surface area contributed by atoms with Crippen molar-refractivity contribution < 1.29 is 9.59 Å². The molecule has 0 radical (unpaired) electrons. The first kappa shape index (κ1) is 20.9. The van der Waals surface area contributed by atoms with E-state index in [4.69, 9.17) is 0 Å². The molecule has 3 aliphatic rings. The summed E-state index contributed by atoms with van der Waals surface area (Å²) >= 11 is 0. The van der Waals surface area contributed by atoms with Crippen molar-refractivity contribution in [1.82, 2.24) is 20.2 Å². The number of rotatable bonds is 5. The zero-order valence-electron chi connectivity index (χ0n) is 18.7. The summed E-state index contributed by atoms with van der Waals surface area (Å²) in [4.78, 5) is 39.8. The van der Waals surface area contributed by atoms with Crippen molar-refractivity contribution in [3.8, 4) is 0 Å². The van der Waals surface area contributed by atoms with Crippen LogP contribution in [0, 0.1) is 24.2 Å². The molecule has 2 aliphatic heterocycles. The topological polar surface area (TPSA) is 78.4 Å². The van der Waals surface area contributed by atoms with Gasteiger partial charge in [0.1, 0.15) is 0 Å². The minimum absolute atomic E-state index is 0.0433. The van der Waals surface area contributed by atoms with Gasteiger partial charge in [-0.15, -0.1) is 0 Å². The first-order valence-electron chi connectivity index (χ1n) is 11.7. The van der Waals surface area contributed by atoms with E-state index in [1.165, 1.54) is 12.8 Å². The molecule has 3 heterocycles. The lowest BCUT2D eigenvalue weighted by molar-refractivity contribution is -0.132. The minimum Gasteiger partial charge on any atom is -0.355 e. The molecule has 7 heteroatoms. The van der Waals surface area contributed by atoms with Gasteiger partial charge in [-0.3, -0.25) is 9.59 Å². The summed E-state index contributed by atoms with van der Waals surface area (Å²) < 4.78 is 0. The first-order valence-corrected chi connectivity index (χ1v) is 11.7. The highest BCUT2D eigenvalue weighted by Crippen LogP contribution is 2.44. The average Bonchev–Trinajstić information content (AvgIpc) is 3.60. The van der Waals surface area contributed by atoms with Gasteiger partial charge in [0.25, 0.3) is 5.91 Å². The van der Waals surface area contributed by atoms with E-state index in [2.05, 4.69) is 20.2 Å². The zero-order valence-corrected chi connectivity index (χ0v) is 18.7. The number of anilines is 1. The Morgan fingerprint density at radius 1 is 1.16 bits per heavy atom. The van der Waals surface area contributed by atoms with Crippen LogP contribution in [0.4, 0.5) is 5.95 Å². The summed E-state index contributed by atoms with van der Waals surface area (Å²) in [5.74, 6) is 1.53. The number of aryl methyl sites for hydroxylation is 1. The van der Waals surface area contributed by atoms with E-state index in [1.54, 1.807) is 18.5 Å². The van der Waals surface area contributed by atoms with Gasteiger partial charge in [0, 0.05) is 56.6 Å². The molecule has 3 fully saturated rings. The average molecular weight is 434 g/mol. The SMILES string of the molecule is Cc1cccc(C(=O)N2CCC[C@]3(C(=O)NCC4CC4)CN(c4ncccn4)C[C@@H]3C2)c1. The maximum Gasteiger partial charge on any atom is 0.253 e. The van der Waals surface area contributed by atoms with Crippen LogP contribution in [0.3, 0.4) is 0 Å². The van der Waals surface area contributed by atoms with Crippen LogP contribution in [0.2, 0.25) is 0 Å². The fraction of sp³-hybridized carbons (Fsp3) is 0.520. The molecule has 7 nitrogen and oxygen atoms in total. The third-order valence-corrected chi connectivity index (χ3v) is 7.27. The summed E-state index contributed by atoms with van der Waals surface area (Å²) in [6.45, 7) is 5.31. The van der Waals surface area contributed by atoms with Crippen LogP contribution < -0.4 is 10.2 Å². The first-order chi connectivity index (χ1) is 15.5. The van der Waals surface area contributed by atoms with E-state index < -0.39 is 5.41 Å². The van der Waals surface area contributed by atoms with Gasteiger partial charge in [0.2, 0.25) is 11.9 Å². The molecule has 2 atom stereocenters. The van der Waals surface area contributed by atoms with Crippen molar-refractivity contribution in [2.75, 3.05) is 37.6 Å². The Morgan fingerprint density at radius 3 is 2.72 bits per heavy atom. The van der Waals surface area contributed by atoms with Gasteiger partial charge < -0.3 is 15.1 Å². The number of likely N-dealkylation sites (tertiary alicyclic amines) is 1. The molecule has 2 aromatic rings. The van der Waals surface area contributed by atoms with E-state index in [9.17, 15) is 9.59 Å². The lowest BCUT2D eigenvalue weighted by Gasteiger charge is -2.32. The number of nitrogens with zero attached hydrogens (tertiary/aromatic N) is 4. The number of aromatic nitrogens is 2. The summed E-state index contributed by atoms with van der Waals surface area (Å²) in [5, 5.41) is 3.25. The second kappa shape index (κ2) is 8.52. The Kier molecular flexibility index (Phi) is 5.57. The highest BCUT2D eigenvalue weighted by atomic mass is 16.2. The van der Waals surface area contributed by atoms with E-state index in [1.807, 2.05) is 36.1 Å². The number of nitrogens with one attached hydrogen (secondary N) is 1. The molecular weight excluding hydrogens is 402 g/mol. The maximum atomic E-state index is 13.6. The Balaban J connectivity index is 1.41. The molecule has 2 saturated heterocycles. The lowest BCUT2D eigenvalue weighted by Crippen LogP contribution is -2.48. The zero-order chi connectivity index (χ0) is 22.1. The van der Waals surface area contributed by atoms with Gasteiger partial charge in [0.05, 0.1) is 5.41 Å². The van der Waals surface area contributed by atoms with Crippen LogP contribution in [0.1, 0.15) is 41.6 Å². The molecule has 1 aromatic carbocycles. The Morgan fingerprint density at radius 2 is 1.97 bits per heavy atom. The molecule has 5 rings (SSSR count). The number of hydrogen-bond donors (Lipinski definition) is 1. The third-order valence-electron chi connectivity index (χ3n) is 7.27. The van der Waals surface area contributed by atoms with Crippen LogP contribution in [0.5, 0.6) is 0 Å². The number of carbonyl (C=O) groups is 2. The molecular formula is C25H31N5O2. The van der Waals surface area contributed by atoms with Gasteiger partial charge in [-0.05, 0) is 56.7 Å². The molecule has 168 valence electrons. The van der Waals surface area contributed by atoms with Crippen LogP contribution in [-0.4, -0.2) is 59.4 Å². The Hall–Kier alpha value is -2.96. The van der Waals surface area contributed by atoms with Gasteiger partial charge in [-0.1, -0.05) is 17.7 Å². The molecule has 0 bridgehead atoms. The third kappa shape index (κ3) is 4.08. The van der Waals surface area contributed by atoms with E-state index in [0.29, 0.717) is 38.0 Å². The molecule has 1 aliphatic carbocycles. The molecule has 2 amide bonds. The molecule has 1 saturated carbocycles. The summed E-state index contributed by atoms with van der Waals surface area (Å²) in [7, 11) is 0. The number of hydrogen-bond acceptors (Lipinski definition) is 5. The fourth-order valence-corrected chi connectivity index (χ4v) is 5.29. The van der Waals surface area contributed by atoms with Crippen LogP contribution in [0.15, 0.2) is 42.7 Å². The van der Waals surface area contributed by atoms with Crippen molar-refractivity contribution in [2.24, 2.45) is 17.3 Å². The molecule has 0 unspecified atom stereocenters. The molecule has 1 N–H and O–H groups in total. The predicted octanol–water partition coefficient (Wildman–Crippen LogP) is 2.67. The van der Waals surface area contributed by atoms with Gasteiger partial charge in [-0.25, -0.2) is 9.97 Å². The van der Waals surface area contributed by atoms with Gasteiger partial charge in [-0.2, -0.15) is 0 Å². The van der Waals surface area contributed by atoms with E-state index in [0.717, 1.165) is 30.5 Å². The molecule has 0 spiro atoms. The fourth-order valence-electron chi connectivity index (χ4n) is 5.29. The Bertz CT molecular complexity index is 993.